The average molecular weight is 628 g/mol. The zero-order valence-electron chi connectivity index (χ0n) is 14.2. The maximum atomic E-state index is 9.74. The van der Waals surface area contributed by atoms with E-state index >= 15 is 0 Å². The van der Waals surface area contributed by atoms with Crippen molar-refractivity contribution in [2.45, 2.75) is 24.4 Å². The van der Waals surface area contributed by atoms with Crippen LogP contribution in [0.5, 0.6) is 0 Å². The van der Waals surface area contributed by atoms with Gasteiger partial charge in [0.1, 0.15) is 12.2 Å². The summed E-state index contributed by atoms with van der Waals surface area (Å²) in [5.74, 6) is -7.65. The largest absolute Gasteiger partial charge is 0.547 e. The van der Waals surface area contributed by atoms with Crippen LogP contribution in [0.1, 0.15) is 0 Å². The van der Waals surface area contributed by atoms with E-state index in [9.17, 15) is 29.4 Å². The number of rotatable bonds is 6. The molecule has 0 aromatic rings. The third-order valence-corrected chi connectivity index (χ3v) is 2.54. The van der Waals surface area contributed by atoms with Crippen LogP contribution >= 0.6 is 0 Å². The van der Waals surface area contributed by atoms with E-state index in [0.717, 1.165) is 26.2 Å². The molecule has 162 valence electrons. The molecule has 4 atom stereocenters. The van der Waals surface area contributed by atoms with Crippen LogP contribution in [-0.2, 0) is 19.2 Å². The van der Waals surface area contributed by atoms with Gasteiger partial charge in [0.05, 0.1) is 11.9 Å². The van der Waals surface area contributed by atoms with Crippen molar-refractivity contribution in [3.05, 3.63) is 0 Å². The number of hydrogen-bond donors (Lipinski definition) is 8. The molecule has 1 heterocycles. The Balaban J connectivity index is -0.000000153. The molecular formula is C12H20N2O12Sb2-2. The van der Waals surface area contributed by atoms with Crippen molar-refractivity contribution in [1.29, 1.82) is 0 Å². The molecule has 4 unspecified atom stereocenters. The van der Waals surface area contributed by atoms with Crippen molar-refractivity contribution in [1.82, 2.24) is 10.6 Å². The van der Waals surface area contributed by atoms with Crippen LogP contribution < -0.4 is 20.8 Å². The summed E-state index contributed by atoms with van der Waals surface area (Å²) in [7, 11) is 0. The number of aliphatic carboxylic acids is 4. The van der Waals surface area contributed by atoms with Crippen LogP contribution in [0.2, 0.25) is 0 Å². The SMILES string of the molecule is C1CNCCN1.O=C([O-])C(O)C(O)C(=O)O.O=C([O-])C(O)C(O)C(=O)O.[Sb].[Sb]. The topological polar surface area (TPSA) is 260 Å². The Bertz CT molecular complexity index is 394. The van der Waals surface area contributed by atoms with Gasteiger partial charge in [0.2, 0.25) is 0 Å². The Labute approximate surface area is 193 Å². The first-order valence-electron chi connectivity index (χ1n) is 6.94. The average Bonchev–Trinajstić information content (AvgIpc) is 2.61. The number of piperazine rings is 1. The molecule has 8 N–H and O–H groups in total. The van der Waals surface area contributed by atoms with Gasteiger partial charge >= 0.3 is 11.9 Å². The van der Waals surface area contributed by atoms with Crippen LogP contribution in [0.15, 0.2) is 0 Å². The van der Waals surface area contributed by atoms with Crippen molar-refractivity contribution in [2.75, 3.05) is 26.2 Å². The number of carboxylic acids is 4. The van der Waals surface area contributed by atoms with E-state index < -0.39 is 48.3 Å². The second-order valence-electron chi connectivity index (χ2n) is 4.59. The Morgan fingerprint density at radius 2 is 0.821 bits per heavy atom. The van der Waals surface area contributed by atoms with Gasteiger partial charge in [-0.05, 0) is 0 Å². The van der Waals surface area contributed by atoms with Gasteiger partial charge in [0.25, 0.3) is 0 Å². The van der Waals surface area contributed by atoms with E-state index in [1.165, 1.54) is 0 Å². The van der Waals surface area contributed by atoms with Crippen molar-refractivity contribution in [3.8, 4) is 0 Å². The smallest absolute Gasteiger partial charge is 0.335 e. The molecule has 1 rings (SSSR count). The van der Waals surface area contributed by atoms with Crippen LogP contribution in [0.4, 0.5) is 0 Å². The molecule has 0 aromatic heterocycles. The van der Waals surface area contributed by atoms with Crippen LogP contribution in [0, 0.1) is 0 Å². The molecule has 28 heavy (non-hydrogen) atoms. The maximum absolute atomic E-state index is 9.74. The first kappa shape index (κ1) is 34.8. The van der Waals surface area contributed by atoms with Gasteiger partial charge in [-0.1, -0.05) is 0 Å². The number of carboxylic acid groups (broad SMARTS) is 4. The van der Waals surface area contributed by atoms with Gasteiger partial charge in [-0.15, -0.1) is 0 Å². The van der Waals surface area contributed by atoms with Crippen molar-refractivity contribution >= 4 is 72.7 Å². The van der Waals surface area contributed by atoms with E-state index in [1.807, 2.05) is 0 Å². The van der Waals surface area contributed by atoms with Gasteiger partial charge < -0.3 is 61.1 Å². The van der Waals surface area contributed by atoms with Gasteiger partial charge in [0, 0.05) is 75.0 Å². The second kappa shape index (κ2) is 19.6. The zero-order valence-corrected chi connectivity index (χ0v) is 19.3. The van der Waals surface area contributed by atoms with Crippen LogP contribution in [0.3, 0.4) is 0 Å². The van der Waals surface area contributed by atoms with Crippen LogP contribution in [0.25, 0.3) is 0 Å². The summed E-state index contributed by atoms with van der Waals surface area (Å²) in [5, 5.41) is 74.7. The van der Waals surface area contributed by atoms with E-state index in [2.05, 4.69) is 10.6 Å². The number of hydrogen-bond acceptors (Lipinski definition) is 12. The molecule has 1 aliphatic heterocycles. The molecule has 1 fully saturated rings. The molecule has 0 bridgehead atoms. The molecule has 1 aliphatic rings. The van der Waals surface area contributed by atoms with Crippen LogP contribution in [-0.4, -0.2) is 154 Å². The summed E-state index contributed by atoms with van der Waals surface area (Å²) in [4.78, 5) is 38.8. The van der Waals surface area contributed by atoms with Gasteiger partial charge in [-0.25, -0.2) is 9.59 Å². The molecule has 1 saturated heterocycles. The molecule has 0 aliphatic carbocycles. The Morgan fingerprint density at radius 3 is 0.893 bits per heavy atom. The predicted molar refractivity (Wildman–Crippen MR) is 86.6 cm³/mol. The van der Waals surface area contributed by atoms with Crippen molar-refractivity contribution in [2.24, 2.45) is 0 Å². The number of nitrogens with one attached hydrogen (secondary N) is 2. The Morgan fingerprint density at radius 1 is 0.607 bits per heavy atom. The summed E-state index contributed by atoms with van der Waals surface area (Å²) >= 11 is 0. The standard InChI is InChI=1S/C4H10N2.2C4H6O6.2Sb/c1-2-6-4-3-5-1;2*5-1(3(7)8)2(6)4(9)10;;/h5-6H,1-4H2;2*1-2,5-6H,(H,7,8)(H,9,10);;/p-2. The molecule has 0 amide bonds. The Kier molecular flexibility index (Phi) is 24.3. The molecule has 0 spiro atoms. The normalized spacial score (nSPS) is 16.4. The third kappa shape index (κ3) is 17.4. The Hall–Kier alpha value is -0.724. The van der Waals surface area contributed by atoms with E-state index in [0.29, 0.717) is 0 Å². The van der Waals surface area contributed by atoms with Crippen molar-refractivity contribution in [3.63, 3.8) is 0 Å². The summed E-state index contributed by atoms with van der Waals surface area (Å²) < 4.78 is 0. The molecule has 0 saturated carbocycles. The first-order chi connectivity index (χ1) is 11.9. The molecule has 0 aromatic carbocycles. The maximum Gasteiger partial charge on any atom is 0.335 e. The fourth-order valence-electron chi connectivity index (χ4n) is 1.13. The summed E-state index contributed by atoms with van der Waals surface area (Å²) in [6.45, 7) is 4.56. The number of aliphatic hydroxyl groups is 4. The van der Waals surface area contributed by atoms with Crippen molar-refractivity contribution < 1.29 is 60.0 Å². The molecule has 6 radical (unpaired) electrons. The minimum atomic E-state index is -2.38. The quantitative estimate of drug-likeness (QED) is 0.127. The minimum Gasteiger partial charge on any atom is -0.547 e. The fourth-order valence-corrected chi connectivity index (χ4v) is 1.13. The van der Waals surface area contributed by atoms with E-state index in [4.69, 9.17) is 30.6 Å². The number of aliphatic hydroxyl groups excluding tert-OH is 4. The first-order valence-corrected chi connectivity index (χ1v) is 6.94. The number of carbonyl (C=O) groups excluding carboxylic acids is 2. The molecule has 14 nitrogen and oxygen atoms in total. The zero-order chi connectivity index (χ0) is 20.9. The number of carbonyl (C=O) groups is 4. The predicted octanol–water partition coefficient (Wildman–Crippen LogP) is -8.50. The van der Waals surface area contributed by atoms with Gasteiger partial charge in [0.15, 0.2) is 12.2 Å². The molecule has 16 heteroatoms. The third-order valence-electron chi connectivity index (χ3n) is 2.54. The monoisotopic (exact) mass is 626 g/mol. The van der Waals surface area contributed by atoms with Gasteiger partial charge in [-0.2, -0.15) is 0 Å². The molecular weight excluding hydrogens is 608 g/mol. The summed E-state index contributed by atoms with van der Waals surface area (Å²) in [6.07, 6.45) is -9.41. The van der Waals surface area contributed by atoms with E-state index in [-0.39, 0.29) is 48.9 Å². The second-order valence-corrected chi connectivity index (χ2v) is 4.59. The summed E-state index contributed by atoms with van der Waals surface area (Å²) in [5.41, 5.74) is 0. The minimum absolute atomic E-state index is 0. The fraction of sp³-hybridized carbons (Fsp3) is 0.667. The summed E-state index contributed by atoms with van der Waals surface area (Å²) in [6, 6.07) is 0. The van der Waals surface area contributed by atoms with E-state index in [1.54, 1.807) is 0 Å². The van der Waals surface area contributed by atoms with Gasteiger partial charge in [-0.3, -0.25) is 0 Å².